The summed E-state index contributed by atoms with van der Waals surface area (Å²) in [5.41, 5.74) is 1.62. The van der Waals surface area contributed by atoms with Crippen LogP contribution < -0.4 is 30.7 Å². The Morgan fingerprint density at radius 3 is 1.88 bits per heavy atom. The number of amides is 4. The molecule has 74 heavy (non-hydrogen) atoms. The van der Waals surface area contributed by atoms with Crippen molar-refractivity contribution in [2.75, 3.05) is 52.3 Å². The van der Waals surface area contributed by atoms with E-state index in [1.807, 2.05) is 101 Å². The molecule has 4 N–H and O–H groups in total. The summed E-state index contributed by atoms with van der Waals surface area (Å²) in [4.78, 5) is 83.4. The summed E-state index contributed by atoms with van der Waals surface area (Å²) >= 11 is 0. The quantitative estimate of drug-likeness (QED) is 0.0209. The minimum Gasteiger partial charge on any atom is -0.748 e. The van der Waals surface area contributed by atoms with Gasteiger partial charge in [-0.3, -0.25) is 28.8 Å². The summed E-state index contributed by atoms with van der Waals surface area (Å²) in [6.45, 7) is 13.9. The number of terminal acetylenes is 1. The third-order valence-electron chi connectivity index (χ3n) is 12.3. The Bertz CT molecular complexity index is 2480. The number of ketones is 1. The number of hydrogen-bond acceptors (Lipinski definition) is 13. The Hall–Kier alpha value is -6.17. The molecule has 0 spiro atoms. The van der Waals surface area contributed by atoms with Crippen LogP contribution in [0.4, 0.5) is 0 Å². The summed E-state index contributed by atoms with van der Waals surface area (Å²) < 4.78 is 50.1. The molecule has 0 aliphatic carbocycles. The number of nitrogens with zero attached hydrogens (tertiary/aromatic N) is 1. The van der Waals surface area contributed by atoms with Gasteiger partial charge in [-0.25, -0.2) is 8.42 Å². The van der Waals surface area contributed by atoms with Crippen molar-refractivity contribution in [3.63, 3.8) is 0 Å². The Balaban J connectivity index is 0.00000226. The molecule has 3 aromatic rings. The van der Waals surface area contributed by atoms with Crippen LogP contribution in [0.1, 0.15) is 90.3 Å². The van der Waals surface area contributed by atoms with Crippen molar-refractivity contribution >= 4 is 45.5 Å². The predicted molar refractivity (Wildman–Crippen MR) is 277 cm³/mol. The van der Waals surface area contributed by atoms with Crippen molar-refractivity contribution in [2.45, 2.75) is 123 Å². The number of hydrogen-bond donors (Lipinski definition) is 4. The molecule has 5 atom stereocenters. The number of quaternary nitrogens is 1. The van der Waals surface area contributed by atoms with Crippen LogP contribution in [0, 0.1) is 24.2 Å². The topological polar surface area (TPSA) is 248 Å². The zero-order valence-electron chi connectivity index (χ0n) is 43.8. The first kappa shape index (κ1) is 60.4. The van der Waals surface area contributed by atoms with Crippen molar-refractivity contribution in [2.24, 2.45) is 11.8 Å². The molecule has 5 rings (SSSR count). The molecule has 0 bridgehead atoms. The van der Waals surface area contributed by atoms with Crippen molar-refractivity contribution in [3.8, 4) is 23.8 Å². The number of carbonyl (C=O) groups excluding carboxylic acids is 6. The van der Waals surface area contributed by atoms with E-state index in [-0.39, 0.29) is 80.7 Å². The van der Waals surface area contributed by atoms with Crippen molar-refractivity contribution in [3.05, 3.63) is 95.6 Å². The lowest BCUT2D eigenvalue weighted by atomic mass is 9.93. The fourth-order valence-electron chi connectivity index (χ4n) is 8.50. The van der Waals surface area contributed by atoms with E-state index in [0.29, 0.717) is 68.6 Å². The maximum absolute atomic E-state index is 14.5. The Labute approximate surface area is 436 Å². The lowest BCUT2D eigenvalue weighted by Gasteiger charge is -2.41. The van der Waals surface area contributed by atoms with Gasteiger partial charge in [0, 0.05) is 24.7 Å². The maximum atomic E-state index is 14.5. The number of ether oxygens (including phenoxy) is 4. The fourth-order valence-corrected chi connectivity index (χ4v) is 8.50. The molecule has 0 unspecified atom stereocenters. The number of morpholine rings is 1. The van der Waals surface area contributed by atoms with E-state index < -0.39 is 57.6 Å². The van der Waals surface area contributed by atoms with E-state index in [0.717, 1.165) is 16.7 Å². The van der Waals surface area contributed by atoms with Crippen LogP contribution >= 0.6 is 0 Å². The summed E-state index contributed by atoms with van der Waals surface area (Å²) in [6.07, 6.45) is 8.43. The number of nitrogens with one attached hydrogen (secondary N) is 4. The standard InChI is InChI=1S/C54H71N5O10.CH4O3S/c1-8-16-49(61)69-46-24-22-41(33-47(46)67-27-9-2)34-59(25-28-66-29-26-59)35-48(60)55-42(23-21-39-17-12-10-13-18-39)51(63)57-44(31-38(5)6)52(64)58-45(32-40-19-14-11-15-20-40)53(65)56-43(30-37(3)4)50(62)54(7)36-68-54;1-5(2,3)4/h2,10-15,17-20,22,24,33,37-38,42-45H,8,16,21,23,25-32,34-36H2,1,3-7H3,(H3-,55,56,57,58,60,63,64,65);1H3,(H,2,3,4)/t42-,43-,44-,45-,54+;/m0./s1. The molecule has 2 heterocycles. The number of Topliss-reactive ketones (excluding diaryl/α,β-unsaturated/α-hetero) is 1. The second-order valence-electron chi connectivity index (χ2n) is 20.1. The van der Waals surface area contributed by atoms with E-state index in [1.165, 1.54) is 0 Å². The largest absolute Gasteiger partial charge is 0.748 e. The minimum atomic E-state index is -3.92. The molecule has 2 aliphatic heterocycles. The molecule has 0 aromatic heterocycles. The molecule has 19 heteroatoms. The smallest absolute Gasteiger partial charge is 0.311 e. The lowest BCUT2D eigenvalue weighted by molar-refractivity contribution is -0.940. The first-order valence-corrected chi connectivity index (χ1v) is 27.0. The first-order valence-electron chi connectivity index (χ1n) is 25.2. The van der Waals surface area contributed by atoms with Crippen molar-refractivity contribution < 1.29 is 65.2 Å². The first-order chi connectivity index (χ1) is 35.0. The van der Waals surface area contributed by atoms with Crippen LogP contribution in [0.2, 0.25) is 0 Å². The predicted octanol–water partition coefficient (Wildman–Crippen LogP) is 4.18. The van der Waals surface area contributed by atoms with Gasteiger partial charge in [-0.1, -0.05) is 101 Å². The number of aryl methyl sites for hydroxylation is 1. The number of esters is 1. The Kier molecular flexibility index (Phi) is 23.7. The van der Waals surface area contributed by atoms with E-state index in [1.54, 1.807) is 19.1 Å². The number of benzene rings is 3. The summed E-state index contributed by atoms with van der Waals surface area (Å²) in [6, 6.07) is 20.2. The molecule has 18 nitrogen and oxygen atoms in total. The summed E-state index contributed by atoms with van der Waals surface area (Å²) in [5.74, 6) is 0.457. The van der Waals surface area contributed by atoms with Gasteiger partial charge in [0.1, 0.15) is 50.0 Å². The van der Waals surface area contributed by atoms with Gasteiger partial charge in [0.2, 0.25) is 17.7 Å². The van der Waals surface area contributed by atoms with E-state index >= 15 is 0 Å². The van der Waals surface area contributed by atoms with Crippen LogP contribution in [-0.4, -0.2) is 135 Å². The Morgan fingerprint density at radius 1 is 0.770 bits per heavy atom. The highest BCUT2D eigenvalue weighted by Crippen LogP contribution is 2.32. The summed E-state index contributed by atoms with van der Waals surface area (Å²) in [7, 11) is -3.92. The number of rotatable bonds is 27. The highest BCUT2D eigenvalue weighted by Gasteiger charge is 2.50. The molecule has 0 saturated carbocycles. The van der Waals surface area contributed by atoms with Gasteiger partial charge >= 0.3 is 5.97 Å². The van der Waals surface area contributed by atoms with Crippen LogP contribution in [0.5, 0.6) is 11.5 Å². The SMILES string of the molecule is C#CCOc1cc(C[N+]2(CC(=O)N[C@@H](CCc3ccccc3)C(=O)N[C@@H](CC(C)C)C(=O)N[C@@H](Cc3ccccc3)C(=O)N[C@@H](CC(C)C)C(=O)[C@@]3(C)CO3)CCOCC2)ccc1OC(=O)CCC.CS(=O)(=O)[O-]. The average molecular weight is 1050 g/mol. The fraction of sp³-hybridized carbons (Fsp3) is 0.527. The minimum absolute atomic E-state index is 0.0179. The van der Waals surface area contributed by atoms with Crippen LogP contribution in [-0.2, 0) is 67.7 Å². The molecule has 404 valence electrons. The van der Waals surface area contributed by atoms with Crippen LogP contribution in [0.3, 0.4) is 0 Å². The molecular formula is C55H75N5O13S. The highest BCUT2D eigenvalue weighted by atomic mass is 32.2. The van der Waals surface area contributed by atoms with Crippen molar-refractivity contribution in [1.82, 2.24) is 21.3 Å². The van der Waals surface area contributed by atoms with Crippen LogP contribution in [0.15, 0.2) is 78.9 Å². The van der Waals surface area contributed by atoms with Gasteiger partial charge in [-0.15, -0.1) is 6.42 Å². The lowest BCUT2D eigenvalue weighted by Crippen LogP contribution is -2.61. The van der Waals surface area contributed by atoms with Gasteiger partial charge in [-0.2, -0.15) is 0 Å². The third kappa shape index (κ3) is 21.4. The molecule has 3 aromatic carbocycles. The third-order valence-corrected chi connectivity index (χ3v) is 12.3. The van der Waals surface area contributed by atoms with E-state index in [4.69, 9.17) is 38.3 Å². The number of carbonyl (C=O) groups is 6. The van der Waals surface area contributed by atoms with Crippen molar-refractivity contribution in [1.29, 1.82) is 0 Å². The van der Waals surface area contributed by atoms with E-state index in [2.05, 4.69) is 27.2 Å². The molecule has 4 amide bonds. The molecular weight excluding hydrogens is 971 g/mol. The monoisotopic (exact) mass is 1050 g/mol. The molecule has 2 fully saturated rings. The Morgan fingerprint density at radius 2 is 1.31 bits per heavy atom. The van der Waals surface area contributed by atoms with Gasteiger partial charge in [-0.05, 0) is 80.2 Å². The van der Waals surface area contributed by atoms with Crippen LogP contribution in [0.25, 0.3) is 0 Å². The van der Waals surface area contributed by atoms with Gasteiger partial charge in [0.15, 0.2) is 23.8 Å². The summed E-state index contributed by atoms with van der Waals surface area (Å²) in [5, 5.41) is 11.8. The molecule has 2 saturated heterocycles. The molecule has 0 radical (unpaired) electrons. The van der Waals surface area contributed by atoms with Gasteiger partial charge in [0.05, 0.1) is 36.0 Å². The molecule has 2 aliphatic rings. The number of epoxide rings is 1. The normalized spacial score (nSPS) is 17.4. The second kappa shape index (κ2) is 29.1. The zero-order valence-corrected chi connectivity index (χ0v) is 44.6. The second-order valence-corrected chi connectivity index (χ2v) is 21.5. The highest BCUT2D eigenvalue weighted by molar-refractivity contribution is 7.84. The zero-order chi connectivity index (χ0) is 54.5. The van der Waals surface area contributed by atoms with E-state index in [9.17, 15) is 28.8 Å². The van der Waals surface area contributed by atoms with Gasteiger partial charge < -0.3 is 49.3 Å². The maximum Gasteiger partial charge on any atom is 0.311 e. The average Bonchev–Trinajstić information content (AvgIpc) is 4.09. The van der Waals surface area contributed by atoms with Gasteiger partial charge in [0.25, 0.3) is 5.91 Å².